The molecule has 3 fully saturated rings. The van der Waals surface area contributed by atoms with Crippen LogP contribution in [0.2, 0.25) is 0 Å². The molecule has 0 radical (unpaired) electrons. The fraction of sp³-hybridized carbons (Fsp3) is 0.867. The molecule has 4 nitrogen and oxygen atoms in total. The van der Waals surface area contributed by atoms with Gasteiger partial charge in [0.25, 0.3) is 0 Å². The zero-order valence-corrected chi connectivity index (χ0v) is 11.4. The maximum Gasteiger partial charge on any atom is 0.307 e. The van der Waals surface area contributed by atoms with E-state index in [-0.39, 0.29) is 17.7 Å². The largest absolute Gasteiger partial charge is 0.481 e. The highest BCUT2D eigenvalue weighted by atomic mass is 16.4. The van der Waals surface area contributed by atoms with Gasteiger partial charge in [0, 0.05) is 13.1 Å². The van der Waals surface area contributed by atoms with Crippen LogP contribution in [-0.2, 0) is 9.59 Å². The molecule has 1 saturated heterocycles. The quantitative estimate of drug-likeness (QED) is 0.832. The van der Waals surface area contributed by atoms with Crippen molar-refractivity contribution in [3.8, 4) is 0 Å². The van der Waals surface area contributed by atoms with E-state index in [1.54, 1.807) is 0 Å². The van der Waals surface area contributed by atoms with Gasteiger partial charge in [0.1, 0.15) is 0 Å². The van der Waals surface area contributed by atoms with Gasteiger partial charge in [-0.05, 0) is 43.9 Å². The van der Waals surface area contributed by atoms with Gasteiger partial charge in [-0.1, -0.05) is 12.8 Å². The van der Waals surface area contributed by atoms with Gasteiger partial charge in [-0.25, -0.2) is 0 Å². The van der Waals surface area contributed by atoms with Crippen LogP contribution >= 0.6 is 0 Å². The summed E-state index contributed by atoms with van der Waals surface area (Å²) in [4.78, 5) is 26.2. The number of amides is 1. The summed E-state index contributed by atoms with van der Waals surface area (Å²) < 4.78 is 0. The van der Waals surface area contributed by atoms with E-state index < -0.39 is 11.9 Å². The van der Waals surface area contributed by atoms with Crippen LogP contribution < -0.4 is 0 Å². The smallest absolute Gasteiger partial charge is 0.307 e. The number of nitrogens with zero attached hydrogens (tertiary/aromatic N) is 1. The van der Waals surface area contributed by atoms with E-state index in [1.807, 2.05) is 4.90 Å². The molecule has 106 valence electrons. The van der Waals surface area contributed by atoms with Crippen molar-refractivity contribution < 1.29 is 14.7 Å². The highest BCUT2D eigenvalue weighted by Gasteiger charge is 2.54. The average molecular weight is 265 g/mol. The Morgan fingerprint density at radius 1 is 0.895 bits per heavy atom. The monoisotopic (exact) mass is 265 g/mol. The standard InChI is InChI=1S/C15H23NO3/c17-14(16-7-3-1-2-4-8-16)12-10-5-6-11(9-10)13(12)15(18)19/h10-13H,1-9H2,(H,18,19)/t10-,11+,12-,13+/m1/s1. The molecule has 4 atom stereocenters. The summed E-state index contributed by atoms with van der Waals surface area (Å²) in [6, 6.07) is 0. The minimum atomic E-state index is -0.750. The van der Waals surface area contributed by atoms with Gasteiger partial charge in [0.05, 0.1) is 11.8 Å². The van der Waals surface area contributed by atoms with E-state index in [1.165, 1.54) is 12.8 Å². The highest BCUT2D eigenvalue weighted by molar-refractivity contribution is 5.86. The fourth-order valence-electron chi connectivity index (χ4n) is 4.50. The summed E-state index contributed by atoms with van der Waals surface area (Å²) in [6.07, 6.45) is 7.56. The number of hydrogen-bond acceptors (Lipinski definition) is 2. The molecule has 2 saturated carbocycles. The van der Waals surface area contributed by atoms with Crippen LogP contribution in [0, 0.1) is 23.7 Å². The summed E-state index contributed by atoms with van der Waals surface area (Å²) in [7, 11) is 0. The van der Waals surface area contributed by atoms with Crippen LogP contribution in [0.15, 0.2) is 0 Å². The van der Waals surface area contributed by atoms with Crippen LogP contribution in [0.25, 0.3) is 0 Å². The molecule has 1 aliphatic heterocycles. The van der Waals surface area contributed by atoms with Crippen LogP contribution in [0.4, 0.5) is 0 Å². The van der Waals surface area contributed by atoms with Gasteiger partial charge in [-0.15, -0.1) is 0 Å². The van der Waals surface area contributed by atoms with Crippen molar-refractivity contribution in [2.45, 2.75) is 44.9 Å². The van der Waals surface area contributed by atoms with Crippen LogP contribution in [0.1, 0.15) is 44.9 Å². The highest BCUT2D eigenvalue weighted by Crippen LogP contribution is 2.53. The van der Waals surface area contributed by atoms with E-state index in [9.17, 15) is 14.7 Å². The molecule has 1 heterocycles. The second-order valence-corrected chi connectivity index (χ2v) is 6.46. The molecule has 1 N–H and O–H groups in total. The minimum absolute atomic E-state index is 0.140. The van der Waals surface area contributed by atoms with Crippen molar-refractivity contribution in [3.63, 3.8) is 0 Å². The van der Waals surface area contributed by atoms with Crippen LogP contribution in [0.5, 0.6) is 0 Å². The number of fused-ring (bicyclic) bond motifs is 2. The fourth-order valence-corrected chi connectivity index (χ4v) is 4.50. The number of carboxylic acid groups (broad SMARTS) is 1. The zero-order valence-electron chi connectivity index (χ0n) is 11.4. The number of likely N-dealkylation sites (tertiary alicyclic amines) is 1. The Morgan fingerprint density at radius 2 is 1.47 bits per heavy atom. The normalized spacial score (nSPS) is 38.2. The van der Waals surface area contributed by atoms with E-state index >= 15 is 0 Å². The van der Waals surface area contributed by atoms with Crippen molar-refractivity contribution in [2.24, 2.45) is 23.7 Å². The van der Waals surface area contributed by atoms with Crippen molar-refractivity contribution >= 4 is 11.9 Å². The maximum atomic E-state index is 12.7. The number of carbonyl (C=O) groups excluding carboxylic acids is 1. The molecular weight excluding hydrogens is 242 g/mol. The van der Waals surface area contributed by atoms with E-state index in [2.05, 4.69) is 0 Å². The molecule has 4 heteroatoms. The molecule has 0 aromatic rings. The van der Waals surface area contributed by atoms with Crippen LogP contribution in [0.3, 0.4) is 0 Å². The Morgan fingerprint density at radius 3 is 2.05 bits per heavy atom. The lowest BCUT2D eigenvalue weighted by atomic mass is 9.78. The summed E-state index contributed by atoms with van der Waals surface area (Å²) in [5, 5.41) is 9.44. The summed E-state index contributed by atoms with van der Waals surface area (Å²) in [6.45, 7) is 1.66. The lowest BCUT2D eigenvalue weighted by molar-refractivity contribution is -0.152. The van der Waals surface area contributed by atoms with Crippen molar-refractivity contribution in [1.29, 1.82) is 0 Å². The molecule has 0 aromatic carbocycles. The third kappa shape index (κ3) is 2.26. The minimum Gasteiger partial charge on any atom is -0.481 e. The van der Waals surface area contributed by atoms with E-state index in [4.69, 9.17) is 0 Å². The van der Waals surface area contributed by atoms with Crippen molar-refractivity contribution in [1.82, 2.24) is 4.90 Å². The number of carboxylic acids is 1. The molecule has 1 amide bonds. The first-order chi connectivity index (χ1) is 9.18. The second-order valence-electron chi connectivity index (χ2n) is 6.46. The second kappa shape index (κ2) is 5.14. The summed E-state index contributed by atoms with van der Waals surface area (Å²) in [5.74, 6) is -0.656. The number of carbonyl (C=O) groups is 2. The van der Waals surface area contributed by atoms with Crippen molar-refractivity contribution in [3.05, 3.63) is 0 Å². The summed E-state index contributed by atoms with van der Waals surface area (Å²) in [5.41, 5.74) is 0. The van der Waals surface area contributed by atoms with Crippen molar-refractivity contribution in [2.75, 3.05) is 13.1 Å². The maximum absolute atomic E-state index is 12.7. The van der Waals surface area contributed by atoms with Gasteiger partial charge in [-0.2, -0.15) is 0 Å². The Bertz CT molecular complexity index is 374. The molecule has 0 spiro atoms. The van der Waals surface area contributed by atoms with E-state index in [0.717, 1.165) is 45.2 Å². The number of aliphatic carboxylic acids is 1. The Hall–Kier alpha value is -1.06. The predicted molar refractivity (Wildman–Crippen MR) is 70.5 cm³/mol. The Labute approximate surface area is 114 Å². The topological polar surface area (TPSA) is 57.6 Å². The molecule has 0 aromatic heterocycles. The molecular formula is C15H23NO3. The average Bonchev–Trinajstić information content (AvgIpc) is 2.89. The van der Waals surface area contributed by atoms with Gasteiger partial charge >= 0.3 is 5.97 Å². The SMILES string of the molecule is O=C(O)[C@H]1[C@H]2CC[C@H](C2)[C@H]1C(=O)N1CCCCCC1. The molecule has 2 aliphatic carbocycles. The number of hydrogen-bond donors (Lipinski definition) is 1. The van der Waals surface area contributed by atoms with Gasteiger partial charge in [0.2, 0.25) is 5.91 Å². The lowest BCUT2D eigenvalue weighted by Crippen LogP contribution is -2.44. The van der Waals surface area contributed by atoms with Gasteiger partial charge < -0.3 is 10.0 Å². The zero-order chi connectivity index (χ0) is 13.4. The summed E-state index contributed by atoms with van der Waals surface area (Å²) >= 11 is 0. The van der Waals surface area contributed by atoms with Gasteiger partial charge in [0.15, 0.2) is 0 Å². The molecule has 2 bridgehead atoms. The molecule has 19 heavy (non-hydrogen) atoms. The first kappa shape index (κ1) is 12.9. The van der Waals surface area contributed by atoms with E-state index in [0.29, 0.717) is 5.92 Å². The third-order valence-electron chi connectivity index (χ3n) is 5.40. The van der Waals surface area contributed by atoms with Gasteiger partial charge in [-0.3, -0.25) is 9.59 Å². The number of rotatable bonds is 2. The molecule has 3 aliphatic rings. The first-order valence-corrected chi connectivity index (χ1v) is 7.70. The predicted octanol–water partition coefficient (Wildman–Crippen LogP) is 2.14. The Balaban J connectivity index is 1.76. The Kier molecular flexibility index (Phi) is 3.50. The molecule has 0 unspecified atom stereocenters. The lowest BCUT2D eigenvalue weighted by Gasteiger charge is -2.32. The third-order valence-corrected chi connectivity index (χ3v) is 5.40. The first-order valence-electron chi connectivity index (χ1n) is 7.70. The molecule has 3 rings (SSSR count). The van der Waals surface area contributed by atoms with Crippen LogP contribution in [-0.4, -0.2) is 35.0 Å².